The van der Waals surface area contributed by atoms with Crippen molar-refractivity contribution in [3.05, 3.63) is 64.2 Å². The molecule has 152 valence electrons. The lowest BCUT2D eigenvalue weighted by Crippen LogP contribution is -2.10. The SMILES string of the molecule is COc1ccc(Nc2nc(-n3c(C)nc4ccc([N+](=O)[O-])cc43)nc(N)c2F)cc1. The van der Waals surface area contributed by atoms with E-state index < -0.39 is 10.7 Å². The predicted molar refractivity (Wildman–Crippen MR) is 109 cm³/mol. The number of benzene rings is 2. The molecule has 0 aliphatic rings. The number of aromatic nitrogens is 4. The van der Waals surface area contributed by atoms with Gasteiger partial charge in [-0.1, -0.05) is 0 Å². The first kappa shape index (κ1) is 19.1. The van der Waals surface area contributed by atoms with Gasteiger partial charge in [0.2, 0.25) is 11.8 Å². The Morgan fingerprint density at radius 1 is 1.17 bits per heavy atom. The normalized spacial score (nSPS) is 10.9. The highest BCUT2D eigenvalue weighted by molar-refractivity contribution is 5.80. The molecule has 2 heterocycles. The summed E-state index contributed by atoms with van der Waals surface area (Å²) in [5.41, 5.74) is 7.13. The number of nitrogen functional groups attached to an aromatic ring is 1. The van der Waals surface area contributed by atoms with E-state index in [9.17, 15) is 14.5 Å². The van der Waals surface area contributed by atoms with Gasteiger partial charge in [-0.2, -0.15) is 14.4 Å². The van der Waals surface area contributed by atoms with E-state index in [2.05, 4.69) is 20.3 Å². The van der Waals surface area contributed by atoms with Crippen molar-refractivity contribution in [2.45, 2.75) is 6.92 Å². The molecule has 0 bridgehead atoms. The molecule has 2 aromatic heterocycles. The van der Waals surface area contributed by atoms with E-state index in [0.717, 1.165) is 0 Å². The molecule has 0 aliphatic heterocycles. The molecule has 0 amide bonds. The number of hydrogen-bond acceptors (Lipinski definition) is 8. The Kier molecular flexibility index (Phi) is 4.62. The van der Waals surface area contributed by atoms with Crippen LogP contribution in [0.25, 0.3) is 17.0 Å². The van der Waals surface area contributed by atoms with Crippen LogP contribution in [-0.2, 0) is 0 Å². The molecular weight excluding hydrogens is 393 g/mol. The number of nitro benzene ring substituents is 1. The van der Waals surface area contributed by atoms with Crippen LogP contribution < -0.4 is 15.8 Å². The lowest BCUT2D eigenvalue weighted by Gasteiger charge is -2.12. The molecule has 0 unspecified atom stereocenters. The second-order valence-electron chi connectivity index (χ2n) is 6.35. The summed E-state index contributed by atoms with van der Waals surface area (Å²) >= 11 is 0. The van der Waals surface area contributed by atoms with Gasteiger partial charge in [0.1, 0.15) is 11.6 Å². The number of halogens is 1. The third-order valence-corrected chi connectivity index (χ3v) is 4.43. The third-order valence-electron chi connectivity index (χ3n) is 4.43. The van der Waals surface area contributed by atoms with Gasteiger partial charge in [-0.05, 0) is 37.3 Å². The van der Waals surface area contributed by atoms with Crippen LogP contribution in [0.4, 0.5) is 27.4 Å². The first-order valence-corrected chi connectivity index (χ1v) is 8.75. The first-order valence-electron chi connectivity index (χ1n) is 8.75. The lowest BCUT2D eigenvalue weighted by atomic mass is 10.3. The summed E-state index contributed by atoms with van der Waals surface area (Å²) < 4.78 is 21.2. The van der Waals surface area contributed by atoms with Crippen LogP contribution in [0.3, 0.4) is 0 Å². The number of non-ortho nitro benzene ring substituents is 1. The van der Waals surface area contributed by atoms with Gasteiger partial charge in [-0.25, -0.2) is 4.98 Å². The molecule has 30 heavy (non-hydrogen) atoms. The minimum Gasteiger partial charge on any atom is -0.497 e. The topological polar surface area (TPSA) is 134 Å². The van der Waals surface area contributed by atoms with E-state index in [1.807, 2.05) is 0 Å². The molecule has 0 atom stereocenters. The fourth-order valence-corrected chi connectivity index (χ4v) is 3.00. The minimum absolute atomic E-state index is 0.0328. The summed E-state index contributed by atoms with van der Waals surface area (Å²) in [7, 11) is 1.54. The molecule has 3 N–H and O–H groups in total. The van der Waals surface area contributed by atoms with Crippen molar-refractivity contribution >= 4 is 34.0 Å². The van der Waals surface area contributed by atoms with Gasteiger partial charge in [0.05, 0.1) is 23.1 Å². The molecule has 11 heteroatoms. The molecule has 0 saturated carbocycles. The number of methoxy groups -OCH3 is 1. The number of nitrogens with two attached hydrogens (primary N) is 1. The largest absolute Gasteiger partial charge is 0.497 e. The first-order chi connectivity index (χ1) is 14.4. The number of aryl methyl sites for hydroxylation is 1. The Labute approximate surface area is 169 Å². The Balaban J connectivity index is 1.82. The molecule has 0 spiro atoms. The van der Waals surface area contributed by atoms with Crippen LogP contribution in [0.15, 0.2) is 42.5 Å². The van der Waals surface area contributed by atoms with Crippen molar-refractivity contribution in [3.63, 3.8) is 0 Å². The smallest absolute Gasteiger partial charge is 0.271 e. The fourth-order valence-electron chi connectivity index (χ4n) is 3.00. The van der Waals surface area contributed by atoms with Gasteiger partial charge in [-0.15, -0.1) is 0 Å². The van der Waals surface area contributed by atoms with Crippen LogP contribution in [0.2, 0.25) is 0 Å². The van der Waals surface area contributed by atoms with Crippen LogP contribution in [0, 0.1) is 22.9 Å². The summed E-state index contributed by atoms with van der Waals surface area (Å²) in [5.74, 6) is -0.192. The summed E-state index contributed by atoms with van der Waals surface area (Å²) in [6.45, 7) is 1.69. The van der Waals surface area contributed by atoms with Crippen molar-refractivity contribution in [2.75, 3.05) is 18.2 Å². The number of nitro groups is 1. The molecule has 0 radical (unpaired) electrons. The second kappa shape index (κ2) is 7.28. The highest BCUT2D eigenvalue weighted by atomic mass is 19.1. The third kappa shape index (κ3) is 3.32. The van der Waals surface area contributed by atoms with Gasteiger partial charge in [0, 0.05) is 17.8 Å². The van der Waals surface area contributed by atoms with Crippen LogP contribution in [0.5, 0.6) is 5.75 Å². The molecule has 4 rings (SSSR count). The maximum Gasteiger partial charge on any atom is 0.271 e. The number of fused-ring (bicyclic) bond motifs is 1. The number of hydrogen-bond donors (Lipinski definition) is 2. The van der Waals surface area contributed by atoms with Gasteiger partial charge in [0.25, 0.3) is 5.69 Å². The molecule has 0 aliphatic carbocycles. The maximum atomic E-state index is 14.6. The monoisotopic (exact) mass is 409 g/mol. The van der Waals surface area contributed by atoms with Crippen molar-refractivity contribution < 1.29 is 14.1 Å². The Bertz CT molecular complexity index is 1270. The summed E-state index contributed by atoms with van der Waals surface area (Å²) in [6.07, 6.45) is 0. The van der Waals surface area contributed by atoms with Crippen molar-refractivity contribution in [3.8, 4) is 11.7 Å². The average molecular weight is 409 g/mol. The summed E-state index contributed by atoms with van der Waals surface area (Å²) in [5, 5.41) is 14.0. The Morgan fingerprint density at radius 3 is 2.57 bits per heavy atom. The van der Waals surface area contributed by atoms with Gasteiger partial charge < -0.3 is 15.8 Å². The molecule has 0 fully saturated rings. The maximum absolute atomic E-state index is 14.6. The van der Waals surface area contributed by atoms with Crippen molar-refractivity contribution in [1.29, 1.82) is 0 Å². The quantitative estimate of drug-likeness (QED) is 0.378. The molecule has 0 saturated heterocycles. The van der Waals surface area contributed by atoms with E-state index >= 15 is 0 Å². The number of rotatable bonds is 5. The summed E-state index contributed by atoms with van der Waals surface area (Å²) in [4.78, 5) is 23.3. The van der Waals surface area contributed by atoms with Gasteiger partial charge in [-0.3, -0.25) is 14.7 Å². The molecular formula is C19H16FN7O3. The minimum atomic E-state index is -0.817. The zero-order chi connectivity index (χ0) is 21.4. The number of ether oxygens (including phenoxy) is 1. The standard InChI is InChI=1S/C19H16FN7O3/c1-10-22-14-8-5-12(27(28)29)9-15(14)26(10)19-24-17(21)16(20)18(25-19)23-11-3-6-13(30-2)7-4-11/h3-9H,1-2H3,(H3,21,23,24,25). The molecule has 4 aromatic rings. The number of anilines is 3. The molecule has 10 nitrogen and oxygen atoms in total. The van der Waals surface area contributed by atoms with E-state index in [4.69, 9.17) is 10.5 Å². The highest BCUT2D eigenvalue weighted by Crippen LogP contribution is 2.27. The fraction of sp³-hybridized carbons (Fsp3) is 0.105. The number of imidazole rings is 1. The summed E-state index contributed by atoms with van der Waals surface area (Å²) in [6, 6.07) is 11.0. The van der Waals surface area contributed by atoms with E-state index in [1.54, 1.807) is 38.3 Å². The zero-order valence-corrected chi connectivity index (χ0v) is 16.0. The predicted octanol–water partition coefficient (Wildman–Crippen LogP) is 3.51. The average Bonchev–Trinajstić information content (AvgIpc) is 3.06. The van der Waals surface area contributed by atoms with E-state index in [0.29, 0.717) is 28.3 Å². The van der Waals surface area contributed by atoms with Crippen LogP contribution >= 0.6 is 0 Å². The molecule has 2 aromatic carbocycles. The van der Waals surface area contributed by atoms with Crippen molar-refractivity contribution in [1.82, 2.24) is 19.5 Å². The Hall–Kier alpha value is -4.28. The highest BCUT2D eigenvalue weighted by Gasteiger charge is 2.19. The van der Waals surface area contributed by atoms with Gasteiger partial charge in [0.15, 0.2) is 11.6 Å². The second-order valence-corrected chi connectivity index (χ2v) is 6.35. The lowest BCUT2D eigenvalue weighted by molar-refractivity contribution is -0.384. The van der Waals surface area contributed by atoms with E-state index in [1.165, 1.54) is 22.8 Å². The van der Waals surface area contributed by atoms with Gasteiger partial charge >= 0.3 is 0 Å². The number of nitrogens with zero attached hydrogens (tertiary/aromatic N) is 5. The zero-order valence-electron chi connectivity index (χ0n) is 16.0. The number of nitrogens with one attached hydrogen (secondary N) is 1. The van der Waals surface area contributed by atoms with Crippen LogP contribution in [0.1, 0.15) is 5.82 Å². The van der Waals surface area contributed by atoms with E-state index in [-0.39, 0.29) is 23.3 Å². The van der Waals surface area contributed by atoms with Crippen molar-refractivity contribution in [2.24, 2.45) is 0 Å². The van der Waals surface area contributed by atoms with Crippen LogP contribution in [-0.4, -0.2) is 31.6 Å². The Morgan fingerprint density at radius 2 is 1.90 bits per heavy atom.